The Morgan fingerprint density at radius 3 is 2.92 bits per heavy atom. The van der Waals surface area contributed by atoms with Gasteiger partial charge in [0.15, 0.2) is 0 Å². The van der Waals surface area contributed by atoms with Gasteiger partial charge in [-0.1, -0.05) is 22.6 Å². The normalized spacial score (nSPS) is 10.1. The molecule has 0 bridgehead atoms. The van der Waals surface area contributed by atoms with E-state index >= 15 is 0 Å². The first-order valence-corrected chi connectivity index (χ1v) is 6.88. The first kappa shape index (κ1) is 11.5. The van der Waals surface area contributed by atoms with E-state index in [9.17, 15) is 4.79 Å². The van der Waals surface area contributed by atoms with Crippen LogP contribution in [0.4, 0.5) is 0 Å². The Bertz CT molecular complexity index is 294. The molecule has 1 N–H and O–H groups in total. The fraction of sp³-hybridized carbons (Fsp3) is 0.375. The number of alkyl halides is 1. The van der Waals surface area contributed by atoms with Crippen molar-refractivity contribution in [3.05, 3.63) is 20.3 Å². The molecular weight excluding hydrogens is 365 g/mol. The summed E-state index contributed by atoms with van der Waals surface area (Å²) in [5.41, 5.74) is 1.12. The Labute approximate surface area is 103 Å². The molecule has 1 rings (SSSR count). The maximum Gasteiger partial charge on any atom is 0.261 e. The molecule has 1 aromatic heterocycles. The summed E-state index contributed by atoms with van der Waals surface area (Å²) in [5.74, 6) is 0.0236. The van der Waals surface area contributed by atoms with Gasteiger partial charge in [0.05, 0.1) is 8.66 Å². The first-order valence-electron chi connectivity index (χ1n) is 3.75. The van der Waals surface area contributed by atoms with Gasteiger partial charge < -0.3 is 5.32 Å². The molecule has 0 spiro atoms. The van der Waals surface area contributed by atoms with Crippen molar-refractivity contribution in [2.45, 2.75) is 6.92 Å². The average molecular weight is 374 g/mol. The van der Waals surface area contributed by atoms with Gasteiger partial charge in [0.1, 0.15) is 0 Å². The molecule has 0 saturated carbocycles. The van der Waals surface area contributed by atoms with Crippen molar-refractivity contribution < 1.29 is 4.79 Å². The second kappa shape index (κ2) is 5.31. The highest BCUT2D eigenvalue weighted by atomic mass is 127. The minimum absolute atomic E-state index is 0.0236. The molecule has 0 aromatic carbocycles. The SMILES string of the molecule is Cc1cc(C(=O)NCCI)sc1Br. The van der Waals surface area contributed by atoms with Crippen LogP contribution in [0, 0.1) is 6.92 Å². The van der Waals surface area contributed by atoms with Gasteiger partial charge in [0.25, 0.3) is 5.91 Å². The topological polar surface area (TPSA) is 29.1 Å². The predicted molar refractivity (Wildman–Crippen MR) is 68.0 cm³/mol. The molecule has 13 heavy (non-hydrogen) atoms. The third kappa shape index (κ3) is 3.21. The number of rotatable bonds is 3. The highest BCUT2D eigenvalue weighted by Gasteiger charge is 2.09. The minimum atomic E-state index is 0.0236. The van der Waals surface area contributed by atoms with Crippen LogP contribution in [-0.4, -0.2) is 16.9 Å². The molecule has 0 aliphatic carbocycles. The summed E-state index contributed by atoms with van der Waals surface area (Å²) >= 11 is 7.10. The lowest BCUT2D eigenvalue weighted by Crippen LogP contribution is -2.24. The molecule has 1 aromatic rings. The van der Waals surface area contributed by atoms with Crippen molar-refractivity contribution in [3.8, 4) is 0 Å². The fourth-order valence-corrected chi connectivity index (χ4v) is 2.54. The molecule has 2 nitrogen and oxygen atoms in total. The van der Waals surface area contributed by atoms with Gasteiger partial charge in [-0.05, 0) is 34.5 Å². The van der Waals surface area contributed by atoms with E-state index in [-0.39, 0.29) is 5.91 Å². The van der Waals surface area contributed by atoms with Crippen LogP contribution in [0.3, 0.4) is 0 Å². The number of hydrogen-bond donors (Lipinski definition) is 1. The van der Waals surface area contributed by atoms with Crippen molar-refractivity contribution in [2.24, 2.45) is 0 Å². The molecular formula is C8H9BrINOS. The van der Waals surface area contributed by atoms with E-state index in [0.29, 0.717) is 0 Å². The van der Waals surface area contributed by atoms with Crippen LogP contribution < -0.4 is 5.32 Å². The van der Waals surface area contributed by atoms with E-state index in [1.165, 1.54) is 11.3 Å². The van der Waals surface area contributed by atoms with Gasteiger partial charge >= 0.3 is 0 Å². The molecule has 1 amide bonds. The Morgan fingerprint density at radius 1 is 1.77 bits per heavy atom. The number of hydrogen-bond acceptors (Lipinski definition) is 2. The molecule has 0 saturated heterocycles. The molecule has 72 valence electrons. The molecule has 0 aliphatic rings. The van der Waals surface area contributed by atoms with E-state index in [4.69, 9.17) is 0 Å². The summed E-state index contributed by atoms with van der Waals surface area (Å²) in [6.45, 7) is 2.71. The lowest BCUT2D eigenvalue weighted by Gasteiger charge is -1.98. The number of carbonyl (C=O) groups is 1. The molecule has 5 heteroatoms. The standard InChI is InChI=1S/C8H9BrINOS/c1-5-4-6(13-7(5)9)8(12)11-3-2-10/h4H,2-3H2,1H3,(H,11,12). The van der Waals surface area contributed by atoms with Crippen LogP contribution in [0.25, 0.3) is 0 Å². The van der Waals surface area contributed by atoms with Crippen molar-refractivity contribution in [1.82, 2.24) is 5.32 Å². The second-order valence-corrected chi connectivity index (χ2v) is 5.96. The second-order valence-electron chi connectivity index (χ2n) is 2.51. The fourth-order valence-electron chi connectivity index (χ4n) is 0.820. The van der Waals surface area contributed by atoms with Crippen molar-refractivity contribution in [1.29, 1.82) is 0 Å². The molecule has 0 fully saturated rings. The minimum Gasteiger partial charge on any atom is -0.351 e. The number of halogens is 2. The van der Waals surface area contributed by atoms with Crippen LogP contribution in [0.1, 0.15) is 15.2 Å². The van der Waals surface area contributed by atoms with Crippen molar-refractivity contribution in [2.75, 3.05) is 11.0 Å². The van der Waals surface area contributed by atoms with Gasteiger partial charge in [-0.2, -0.15) is 0 Å². The van der Waals surface area contributed by atoms with E-state index in [2.05, 4.69) is 43.8 Å². The Hall–Kier alpha value is 0.380. The van der Waals surface area contributed by atoms with E-state index in [1.54, 1.807) is 0 Å². The first-order chi connectivity index (χ1) is 6.15. The van der Waals surface area contributed by atoms with Gasteiger partial charge in [-0.15, -0.1) is 11.3 Å². The third-order valence-corrected chi connectivity index (χ3v) is 4.14. The van der Waals surface area contributed by atoms with Crippen LogP contribution in [0.5, 0.6) is 0 Å². The van der Waals surface area contributed by atoms with E-state index < -0.39 is 0 Å². The Kier molecular flexibility index (Phi) is 4.68. The summed E-state index contributed by atoms with van der Waals surface area (Å²) in [7, 11) is 0. The highest BCUT2D eigenvalue weighted by molar-refractivity contribution is 14.1. The zero-order chi connectivity index (χ0) is 9.84. The molecule has 0 unspecified atom stereocenters. The summed E-state index contributed by atoms with van der Waals surface area (Å²) in [6.07, 6.45) is 0. The third-order valence-electron chi connectivity index (χ3n) is 1.46. The maximum atomic E-state index is 11.4. The zero-order valence-electron chi connectivity index (χ0n) is 7.06. The lowest BCUT2D eigenvalue weighted by molar-refractivity contribution is 0.0960. The van der Waals surface area contributed by atoms with Crippen molar-refractivity contribution >= 4 is 55.8 Å². The molecule has 0 aliphatic heterocycles. The van der Waals surface area contributed by atoms with Crippen LogP contribution in [0.15, 0.2) is 9.85 Å². The van der Waals surface area contributed by atoms with E-state index in [1.807, 2.05) is 13.0 Å². The monoisotopic (exact) mass is 373 g/mol. The van der Waals surface area contributed by atoms with Gasteiger partial charge in [-0.3, -0.25) is 4.79 Å². The van der Waals surface area contributed by atoms with Gasteiger partial charge in [0, 0.05) is 11.0 Å². The number of amides is 1. The Morgan fingerprint density at radius 2 is 2.46 bits per heavy atom. The zero-order valence-corrected chi connectivity index (χ0v) is 11.6. The predicted octanol–water partition coefficient (Wildman–Crippen LogP) is 2.98. The van der Waals surface area contributed by atoms with Crippen LogP contribution in [0.2, 0.25) is 0 Å². The molecule has 1 heterocycles. The lowest BCUT2D eigenvalue weighted by atomic mass is 10.3. The smallest absolute Gasteiger partial charge is 0.261 e. The van der Waals surface area contributed by atoms with Gasteiger partial charge in [0.2, 0.25) is 0 Å². The largest absolute Gasteiger partial charge is 0.351 e. The van der Waals surface area contributed by atoms with Crippen molar-refractivity contribution in [3.63, 3.8) is 0 Å². The quantitative estimate of drug-likeness (QED) is 0.640. The summed E-state index contributed by atoms with van der Waals surface area (Å²) < 4.78 is 1.97. The number of nitrogens with one attached hydrogen (secondary N) is 1. The highest BCUT2D eigenvalue weighted by Crippen LogP contribution is 2.26. The molecule has 0 atom stereocenters. The Balaban J connectivity index is 2.66. The number of aryl methyl sites for hydroxylation is 1. The average Bonchev–Trinajstić information content (AvgIpc) is 2.43. The number of carbonyl (C=O) groups excluding carboxylic acids is 1. The van der Waals surface area contributed by atoms with E-state index in [0.717, 1.165) is 25.2 Å². The van der Waals surface area contributed by atoms with Gasteiger partial charge in [-0.25, -0.2) is 0 Å². The summed E-state index contributed by atoms with van der Waals surface area (Å²) in [4.78, 5) is 12.2. The maximum absolute atomic E-state index is 11.4. The van der Waals surface area contributed by atoms with Crippen LogP contribution >= 0.6 is 49.9 Å². The number of thiophene rings is 1. The summed E-state index contributed by atoms with van der Waals surface area (Å²) in [6, 6.07) is 1.90. The van der Waals surface area contributed by atoms with Crippen LogP contribution in [-0.2, 0) is 0 Å². The molecule has 0 radical (unpaired) electrons. The summed E-state index contributed by atoms with van der Waals surface area (Å²) in [5, 5.41) is 2.83.